The van der Waals surface area contributed by atoms with Crippen molar-refractivity contribution in [1.82, 2.24) is 15.0 Å². The van der Waals surface area contributed by atoms with E-state index in [1.807, 2.05) is 30.0 Å². The van der Waals surface area contributed by atoms with Gasteiger partial charge in [0.05, 0.1) is 13.2 Å². The number of aliphatic hydroxyl groups excluding tert-OH is 2. The van der Waals surface area contributed by atoms with Gasteiger partial charge in [-0.25, -0.2) is 9.97 Å². The van der Waals surface area contributed by atoms with Gasteiger partial charge in [0.1, 0.15) is 5.82 Å². The van der Waals surface area contributed by atoms with Gasteiger partial charge in [-0.05, 0) is 19.1 Å². The Labute approximate surface area is 117 Å². The predicted octanol–water partition coefficient (Wildman–Crippen LogP) is 0.638. The Morgan fingerprint density at radius 1 is 1.05 bits per heavy atom. The van der Waals surface area contributed by atoms with Gasteiger partial charge in [-0.1, -0.05) is 0 Å². The Kier molecular flexibility index (Phi) is 4.97. The van der Waals surface area contributed by atoms with Crippen LogP contribution >= 0.6 is 0 Å². The zero-order valence-electron chi connectivity index (χ0n) is 11.4. The summed E-state index contributed by atoms with van der Waals surface area (Å²) >= 11 is 0. The Hall–Kier alpha value is -2.05. The summed E-state index contributed by atoms with van der Waals surface area (Å²) in [6.07, 6.45) is 3.39. The van der Waals surface area contributed by atoms with E-state index in [4.69, 9.17) is 10.2 Å². The Bertz CT molecular complexity index is 542. The summed E-state index contributed by atoms with van der Waals surface area (Å²) in [5.41, 5.74) is 1.72. The molecule has 0 saturated carbocycles. The van der Waals surface area contributed by atoms with E-state index >= 15 is 0 Å². The normalized spacial score (nSPS) is 10.6. The first-order valence-electron chi connectivity index (χ1n) is 6.47. The number of aryl methyl sites for hydroxylation is 1. The van der Waals surface area contributed by atoms with Gasteiger partial charge in [0.15, 0.2) is 5.82 Å². The van der Waals surface area contributed by atoms with Gasteiger partial charge in [0, 0.05) is 42.8 Å². The number of pyridine rings is 1. The number of aromatic nitrogens is 3. The minimum atomic E-state index is 0.00758. The van der Waals surface area contributed by atoms with E-state index in [-0.39, 0.29) is 13.2 Å². The van der Waals surface area contributed by atoms with Gasteiger partial charge in [-0.3, -0.25) is 4.98 Å². The Balaban J connectivity index is 2.37. The molecule has 0 unspecified atom stereocenters. The molecule has 0 radical (unpaired) electrons. The van der Waals surface area contributed by atoms with E-state index in [9.17, 15) is 0 Å². The average Bonchev–Trinajstić information content (AvgIpc) is 2.47. The summed E-state index contributed by atoms with van der Waals surface area (Å²) in [4.78, 5) is 14.7. The first kappa shape index (κ1) is 14.4. The van der Waals surface area contributed by atoms with E-state index in [2.05, 4.69) is 15.0 Å². The molecule has 0 aromatic carbocycles. The number of hydrogen-bond donors (Lipinski definition) is 2. The van der Waals surface area contributed by atoms with Gasteiger partial charge in [0.2, 0.25) is 0 Å². The summed E-state index contributed by atoms with van der Waals surface area (Å²) in [6, 6.07) is 5.54. The van der Waals surface area contributed by atoms with Gasteiger partial charge >= 0.3 is 0 Å². The third-order valence-corrected chi connectivity index (χ3v) is 2.84. The highest BCUT2D eigenvalue weighted by Crippen LogP contribution is 2.19. The molecule has 0 amide bonds. The van der Waals surface area contributed by atoms with Crippen molar-refractivity contribution in [2.75, 3.05) is 31.2 Å². The molecule has 0 aliphatic carbocycles. The fourth-order valence-corrected chi connectivity index (χ4v) is 1.93. The van der Waals surface area contributed by atoms with Crippen LogP contribution in [0.1, 0.15) is 5.69 Å². The highest BCUT2D eigenvalue weighted by Gasteiger charge is 2.11. The molecular formula is C14H18N4O2. The molecule has 6 nitrogen and oxygen atoms in total. The zero-order chi connectivity index (χ0) is 14.4. The highest BCUT2D eigenvalue weighted by atomic mass is 16.3. The summed E-state index contributed by atoms with van der Waals surface area (Å²) in [5.74, 6) is 1.32. The van der Waals surface area contributed by atoms with Crippen molar-refractivity contribution in [3.63, 3.8) is 0 Å². The molecule has 0 bridgehead atoms. The maximum atomic E-state index is 9.11. The lowest BCUT2D eigenvalue weighted by atomic mass is 10.2. The SMILES string of the molecule is Cc1cc(N(CCO)CCO)nc(-c2ccncc2)n1. The summed E-state index contributed by atoms with van der Waals surface area (Å²) in [6.45, 7) is 2.76. The van der Waals surface area contributed by atoms with E-state index in [0.717, 1.165) is 11.3 Å². The lowest BCUT2D eigenvalue weighted by Crippen LogP contribution is -2.30. The summed E-state index contributed by atoms with van der Waals surface area (Å²) in [5, 5.41) is 18.2. The van der Waals surface area contributed by atoms with Crippen LogP contribution in [0.15, 0.2) is 30.6 Å². The lowest BCUT2D eigenvalue weighted by Gasteiger charge is -2.22. The van der Waals surface area contributed by atoms with Crippen LogP contribution in [-0.4, -0.2) is 51.5 Å². The molecule has 2 aromatic rings. The second kappa shape index (κ2) is 6.93. The van der Waals surface area contributed by atoms with Crippen molar-refractivity contribution in [1.29, 1.82) is 0 Å². The minimum Gasteiger partial charge on any atom is -0.395 e. The molecule has 106 valence electrons. The standard InChI is InChI=1S/C14H18N4O2/c1-11-10-13(18(6-8-19)7-9-20)17-14(16-11)12-2-4-15-5-3-12/h2-5,10,19-20H,6-9H2,1H3. The molecule has 2 rings (SSSR count). The van der Waals surface area contributed by atoms with E-state index in [1.165, 1.54) is 0 Å². The topological polar surface area (TPSA) is 82.4 Å². The van der Waals surface area contributed by atoms with Crippen molar-refractivity contribution in [3.05, 3.63) is 36.3 Å². The van der Waals surface area contributed by atoms with E-state index in [0.29, 0.717) is 24.7 Å². The smallest absolute Gasteiger partial charge is 0.161 e. The van der Waals surface area contributed by atoms with Gasteiger partial charge in [-0.15, -0.1) is 0 Å². The number of rotatable bonds is 6. The molecule has 0 fully saturated rings. The van der Waals surface area contributed by atoms with Crippen molar-refractivity contribution < 1.29 is 10.2 Å². The predicted molar refractivity (Wildman–Crippen MR) is 76.4 cm³/mol. The molecule has 20 heavy (non-hydrogen) atoms. The third kappa shape index (κ3) is 3.49. The second-order valence-electron chi connectivity index (χ2n) is 4.36. The van der Waals surface area contributed by atoms with Crippen molar-refractivity contribution >= 4 is 5.82 Å². The number of anilines is 1. The van der Waals surface area contributed by atoms with Crippen LogP contribution < -0.4 is 4.90 Å². The van der Waals surface area contributed by atoms with Crippen LogP contribution in [0, 0.1) is 6.92 Å². The molecule has 0 spiro atoms. The maximum absolute atomic E-state index is 9.11. The molecule has 0 atom stereocenters. The maximum Gasteiger partial charge on any atom is 0.161 e. The number of nitrogens with zero attached hydrogens (tertiary/aromatic N) is 4. The molecular weight excluding hydrogens is 256 g/mol. The summed E-state index contributed by atoms with van der Waals surface area (Å²) < 4.78 is 0. The first-order chi connectivity index (χ1) is 9.74. The van der Waals surface area contributed by atoms with E-state index in [1.54, 1.807) is 12.4 Å². The summed E-state index contributed by atoms with van der Waals surface area (Å²) in [7, 11) is 0. The van der Waals surface area contributed by atoms with Crippen LogP contribution in [0.3, 0.4) is 0 Å². The molecule has 0 aliphatic rings. The van der Waals surface area contributed by atoms with Gasteiger partial charge in [0.25, 0.3) is 0 Å². The van der Waals surface area contributed by atoms with Crippen LogP contribution in [-0.2, 0) is 0 Å². The molecule has 6 heteroatoms. The Morgan fingerprint density at radius 2 is 1.70 bits per heavy atom. The van der Waals surface area contributed by atoms with Crippen LogP contribution in [0.4, 0.5) is 5.82 Å². The lowest BCUT2D eigenvalue weighted by molar-refractivity contribution is 0.280. The first-order valence-corrected chi connectivity index (χ1v) is 6.47. The Morgan fingerprint density at radius 3 is 2.30 bits per heavy atom. The molecule has 2 aromatic heterocycles. The number of hydrogen-bond acceptors (Lipinski definition) is 6. The quantitative estimate of drug-likeness (QED) is 0.804. The number of aliphatic hydroxyl groups is 2. The fourth-order valence-electron chi connectivity index (χ4n) is 1.93. The average molecular weight is 274 g/mol. The molecule has 2 N–H and O–H groups in total. The largest absolute Gasteiger partial charge is 0.395 e. The van der Waals surface area contributed by atoms with Crippen LogP contribution in [0.5, 0.6) is 0 Å². The van der Waals surface area contributed by atoms with Crippen LogP contribution in [0.2, 0.25) is 0 Å². The van der Waals surface area contributed by atoms with Gasteiger partial charge in [-0.2, -0.15) is 0 Å². The highest BCUT2D eigenvalue weighted by molar-refractivity contribution is 5.57. The van der Waals surface area contributed by atoms with Crippen LogP contribution in [0.25, 0.3) is 11.4 Å². The molecule has 2 heterocycles. The molecule has 0 saturated heterocycles. The van der Waals surface area contributed by atoms with Crippen molar-refractivity contribution in [2.45, 2.75) is 6.92 Å². The molecule has 0 aliphatic heterocycles. The van der Waals surface area contributed by atoms with Crippen molar-refractivity contribution in [2.24, 2.45) is 0 Å². The van der Waals surface area contributed by atoms with Crippen molar-refractivity contribution in [3.8, 4) is 11.4 Å². The van der Waals surface area contributed by atoms with E-state index < -0.39 is 0 Å². The van der Waals surface area contributed by atoms with Gasteiger partial charge < -0.3 is 15.1 Å². The minimum absolute atomic E-state index is 0.00758. The monoisotopic (exact) mass is 274 g/mol. The zero-order valence-corrected chi connectivity index (χ0v) is 11.4. The second-order valence-corrected chi connectivity index (χ2v) is 4.36. The third-order valence-electron chi connectivity index (χ3n) is 2.84. The fraction of sp³-hybridized carbons (Fsp3) is 0.357.